The maximum atomic E-state index is 10.6. The van der Waals surface area contributed by atoms with Gasteiger partial charge in [-0.1, -0.05) is 13.0 Å². The van der Waals surface area contributed by atoms with Crippen LogP contribution in [0.4, 0.5) is 0 Å². The molecule has 1 heterocycles. The quantitative estimate of drug-likeness (QED) is 0.624. The SMILES string of the molecule is CCc1nc2ccc(C3(N=C=O)CCC3)cc2s1. The summed E-state index contributed by atoms with van der Waals surface area (Å²) in [6, 6.07) is 6.24. The number of aryl methyl sites for hydroxylation is 1. The molecule has 0 atom stereocenters. The lowest BCUT2D eigenvalue weighted by Gasteiger charge is -2.37. The Morgan fingerprint density at radius 2 is 2.33 bits per heavy atom. The Kier molecular flexibility index (Phi) is 2.77. The molecule has 0 amide bonds. The van der Waals surface area contributed by atoms with Crippen LogP contribution in [0.15, 0.2) is 23.2 Å². The van der Waals surface area contributed by atoms with Crippen molar-refractivity contribution in [2.45, 2.75) is 38.1 Å². The minimum atomic E-state index is -0.299. The third-order valence-corrected chi connectivity index (χ3v) is 4.88. The largest absolute Gasteiger partial charge is 0.241 e. The van der Waals surface area contributed by atoms with Crippen LogP contribution in [0.2, 0.25) is 0 Å². The first-order valence-electron chi connectivity index (χ1n) is 6.26. The first-order valence-corrected chi connectivity index (χ1v) is 7.08. The molecular formula is C14H14N2OS. The van der Waals surface area contributed by atoms with E-state index in [9.17, 15) is 4.79 Å². The van der Waals surface area contributed by atoms with Gasteiger partial charge in [0.15, 0.2) is 0 Å². The molecular weight excluding hydrogens is 244 g/mol. The molecule has 0 N–H and O–H groups in total. The van der Waals surface area contributed by atoms with Crippen LogP contribution in [-0.2, 0) is 16.8 Å². The number of nitrogens with zero attached hydrogens (tertiary/aromatic N) is 2. The van der Waals surface area contributed by atoms with E-state index in [-0.39, 0.29) is 5.54 Å². The molecule has 0 bridgehead atoms. The van der Waals surface area contributed by atoms with E-state index in [1.807, 2.05) is 6.07 Å². The number of carbonyl (C=O) groups excluding carboxylic acids is 1. The minimum Gasteiger partial charge on any atom is -0.241 e. The Morgan fingerprint density at radius 3 is 2.94 bits per heavy atom. The van der Waals surface area contributed by atoms with E-state index in [2.05, 4.69) is 29.0 Å². The smallest absolute Gasteiger partial charge is 0.235 e. The Balaban J connectivity index is 2.09. The van der Waals surface area contributed by atoms with Crippen molar-refractivity contribution in [3.63, 3.8) is 0 Å². The van der Waals surface area contributed by atoms with Gasteiger partial charge in [0.2, 0.25) is 6.08 Å². The van der Waals surface area contributed by atoms with Crippen molar-refractivity contribution in [2.75, 3.05) is 0 Å². The molecule has 4 heteroatoms. The average Bonchev–Trinajstić information content (AvgIpc) is 2.75. The van der Waals surface area contributed by atoms with Gasteiger partial charge in [-0.15, -0.1) is 11.3 Å². The topological polar surface area (TPSA) is 42.3 Å². The fraction of sp³-hybridized carbons (Fsp3) is 0.429. The van der Waals surface area contributed by atoms with Crippen molar-refractivity contribution in [1.82, 2.24) is 4.98 Å². The molecule has 0 saturated heterocycles. The van der Waals surface area contributed by atoms with E-state index in [1.54, 1.807) is 17.4 Å². The highest BCUT2D eigenvalue weighted by atomic mass is 32.1. The highest BCUT2D eigenvalue weighted by Crippen LogP contribution is 2.45. The molecule has 92 valence electrons. The summed E-state index contributed by atoms with van der Waals surface area (Å²) in [5.41, 5.74) is 1.88. The summed E-state index contributed by atoms with van der Waals surface area (Å²) in [6.07, 6.45) is 5.73. The fourth-order valence-corrected chi connectivity index (χ4v) is 3.42. The van der Waals surface area contributed by atoms with Gasteiger partial charge >= 0.3 is 0 Å². The first kappa shape index (κ1) is 11.6. The van der Waals surface area contributed by atoms with Crippen LogP contribution < -0.4 is 0 Å². The van der Waals surface area contributed by atoms with Gasteiger partial charge in [-0.2, -0.15) is 4.99 Å². The zero-order chi connectivity index (χ0) is 12.6. The summed E-state index contributed by atoms with van der Waals surface area (Å²) in [6.45, 7) is 2.11. The van der Waals surface area contributed by atoms with Crippen molar-refractivity contribution >= 4 is 27.6 Å². The highest BCUT2D eigenvalue weighted by molar-refractivity contribution is 7.18. The monoisotopic (exact) mass is 258 g/mol. The van der Waals surface area contributed by atoms with Gasteiger partial charge in [-0.25, -0.2) is 9.78 Å². The molecule has 1 fully saturated rings. The van der Waals surface area contributed by atoms with Crippen molar-refractivity contribution in [3.05, 3.63) is 28.8 Å². The van der Waals surface area contributed by atoms with Crippen molar-refractivity contribution in [2.24, 2.45) is 4.99 Å². The van der Waals surface area contributed by atoms with Crippen LogP contribution >= 0.6 is 11.3 Å². The summed E-state index contributed by atoms with van der Waals surface area (Å²) in [5, 5.41) is 1.16. The summed E-state index contributed by atoms with van der Waals surface area (Å²) in [7, 11) is 0. The lowest BCUT2D eigenvalue weighted by Crippen LogP contribution is -2.31. The van der Waals surface area contributed by atoms with E-state index in [4.69, 9.17) is 0 Å². The molecule has 0 unspecified atom stereocenters. The lowest BCUT2D eigenvalue weighted by atomic mass is 9.72. The predicted octanol–water partition coefficient (Wildman–Crippen LogP) is 3.57. The van der Waals surface area contributed by atoms with Crippen LogP contribution in [-0.4, -0.2) is 11.1 Å². The van der Waals surface area contributed by atoms with Crippen LogP contribution in [0.5, 0.6) is 0 Å². The van der Waals surface area contributed by atoms with E-state index in [0.29, 0.717) is 0 Å². The van der Waals surface area contributed by atoms with E-state index < -0.39 is 0 Å². The Morgan fingerprint density at radius 1 is 1.50 bits per heavy atom. The maximum Gasteiger partial charge on any atom is 0.235 e. The minimum absolute atomic E-state index is 0.299. The first-order chi connectivity index (χ1) is 8.77. The van der Waals surface area contributed by atoms with Crippen molar-refractivity contribution in [3.8, 4) is 0 Å². The van der Waals surface area contributed by atoms with E-state index >= 15 is 0 Å². The Hall–Kier alpha value is -1.51. The normalized spacial score (nSPS) is 17.2. The van der Waals surface area contributed by atoms with Crippen LogP contribution in [0.3, 0.4) is 0 Å². The number of isocyanates is 1. The zero-order valence-electron chi connectivity index (χ0n) is 10.3. The fourth-order valence-electron chi connectivity index (χ4n) is 2.48. The number of aromatic nitrogens is 1. The second-order valence-corrected chi connectivity index (χ2v) is 5.85. The maximum absolute atomic E-state index is 10.6. The van der Waals surface area contributed by atoms with Crippen molar-refractivity contribution in [1.29, 1.82) is 0 Å². The number of hydrogen-bond acceptors (Lipinski definition) is 4. The van der Waals surface area contributed by atoms with Crippen LogP contribution in [0, 0.1) is 0 Å². The molecule has 18 heavy (non-hydrogen) atoms. The van der Waals surface area contributed by atoms with Gasteiger partial charge in [0, 0.05) is 0 Å². The molecule has 3 rings (SSSR count). The van der Waals surface area contributed by atoms with Gasteiger partial charge in [0.1, 0.15) is 0 Å². The van der Waals surface area contributed by atoms with Crippen LogP contribution in [0.25, 0.3) is 10.2 Å². The van der Waals surface area contributed by atoms with Gasteiger partial charge in [-0.3, -0.25) is 0 Å². The van der Waals surface area contributed by atoms with Gasteiger partial charge in [0.25, 0.3) is 0 Å². The number of aliphatic imine (C=N–C) groups is 1. The molecule has 1 aromatic carbocycles. The second kappa shape index (κ2) is 4.30. The third kappa shape index (κ3) is 1.69. The molecule has 1 aromatic heterocycles. The van der Waals surface area contributed by atoms with Crippen LogP contribution in [0.1, 0.15) is 36.8 Å². The number of benzene rings is 1. The Labute approximate surface area is 110 Å². The standard InChI is InChI=1S/C14H14N2OS/c1-2-13-16-11-5-4-10(8-12(11)18-13)14(15-9-17)6-3-7-14/h4-5,8H,2-3,6-7H2,1H3. The Bertz CT molecular complexity index is 636. The molecule has 0 radical (unpaired) electrons. The van der Waals surface area contributed by atoms with E-state index in [1.165, 1.54) is 4.70 Å². The van der Waals surface area contributed by atoms with Gasteiger partial charge in [0.05, 0.1) is 20.8 Å². The average molecular weight is 258 g/mol. The molecule has 3 nitrogen and oxygen atoms in total. The number of fused-ring (bicyclic) bond motifs is 1. The number of rotatable bonds is 3. The highest BCUT2D eigenvalue weighted by Gasteiger charge is 2.38. The molecule has 1 saturated carbocycles. The molecule has 0 aliphatic heterocycles. The second-order valence-electron chi connectivity index (χ2n) is 4.73. The summed E-state index contributed by atoms with van der Waals surface area (Å²) >= 11 is 1.73. The summed E-state index contributed by atoms with van der Waals surface area (Å²) in [5.74, 6) is 0. The third-order valence-electron chi connectivity index (χ3n) is 3.71. The predicted molar refractivity (Wildman–Crippen MR) is 72.6 cm³/mol. The summed E-state index contributed by atoms with van der Waals surface area (Å²) < 4.78 is 1.19. The van der Waals surface area contributed by atoms with Gasteiger partial charge < -0.3 is 0 Å². The summed E-state index contributed by atoms with van der Waals surface area (Å²) in [4.78, 5) is 19.2. The molecule has 2 aromatic rings. The lowest BCUT2D eigenvalue weighted by molar-refractivity contribution is 0.256. The van der Waals surface area contributed by atoms with Gasteiger partial charge in [-0.05, 0) is 43.4 Å². The molecule has 1 aliphatic rings. The van der Waals surface area contributed by atoms with E-state index in [0.717, 1.165) is 41.8 Å². The van der Waals surface area contributed by atoms with Crippen molar-refractivity contribution < 1.29 is 4.79 Å². The zero-order valence-corrected chi connectivity index (χ0v) is 11.1. The number of thiazole rings is 1. The molecule has 1 aliphatic carbocycles. The number of hydrogen-bond donors (Lipinski definition) is 0. The molecule has 0 spiro atoms.